The van der Waals surface area contributed by atoms with Gasteiger partial charge in [0.05, 0.1) is 6.61 Å². The summed E-state index contributed by atoms with van der Waals surface area (Å²) in [5.41, 5.74) is 1.31. The smallest absolute Gasteiger partial charge is 0.191 e. The van der Waals surface area contributed by atoms with Crippen molar-refractivity contribution in [3.63, 3.8) is 0 Å². The van der Waals surface area contributed by atoms with Crippen LogP contribution in [0, 0.1) is 5.92 Å². The fraction of sp³-hybridized carbons (Fsp3) is 0.682. The lowest BCUT2D eigenvalue weighted by atomic mass is 10.1. The minimum Gasteiger partial charge on any atom is -0.493 e. The number of aliphatic imine (C=N–C) groups is 1. The summed E-state index contributed by atoms with van der Waals surface area (Å²) < 4.78 is 5.75. The van der Waals surface area contributed by atoms with Gasteiger partial charge in [0.25, 0.3) is 0 Å². The highest BCUT2D eigenvalue weighted by molar-refractivity contribution is 5.79. The topological polar surface area (TPSA) is 48.9 Å². The molecule has 3 rings (SSSR count). The van der Waals surface area contributed by atoms with E-state index in [2.05, 4.69) is 58.6 Å². The lowest BCUT2D eigenvalue weighted by Crippen LogP contribution is -2.49. The summed E-state index contributed by atoms with van der Waals surface area (Å²) in [4.78, 5) is 7.05. The quantitative estimate of drug-likeness (QED) is 0.544. The maximum absolute atomic E-state index is 5.75. The first kappa shape index (κ1) is 20.0. The van der Waals surface area contributed by atoms with Gasteiger partial charge in [-0.1, -0.05) is 26.0 Å². The Kier molecular flexibility index (Phi) is 7.39. The monoisotopic (exact) mass is 372 g/mol. The van der Waals surface area contributed by atoms with E-state index < -0.39 is 0 Å². The molecule has 1 aromatic rings. The van der Waals surface area contributed by atoms with Gasteiger partial charge in [0.1, 0.15) is 5.75 Å². The van der Waals surface area contributed by atoms with Crippen LogP contribution in [0.25, 0.3) is 0 Å². The van der Waals surface area contributed by atoms with Crippen molar-refractivity contribution in [2.24, 2.45) is 10.9 Å². The van der Waals surface area contributed by atoms with E-state index in [-0.39, 0.29) is 0 Å². The second-order valence-electron chi connectivity index (χ2n) is 8.28. The molecule has 1 aliphatic carbocycles. The number of hydrogen-bond acceptors (Lipinski definition) is 3. The number of guanidine groups is 1. The average molecular weight is 373 g/mol. The molecule has 2 aliphatic rings. The van der Waals surface area contributed by atoms with Crippen molar-refractivity contribution in [3.8, 4) is 5.75 Å². The first-order chi connectivity index (χ1) is 13.1. The van der Waals surface area contributed by atoms with Gasteiger partial charge in [-0.15, -0.1) is 0 Å². The van der Waals surface area contributed by atoms with E-state index >= 15 is 0 Å². The van der Waals surface area contributed by atoms with Gasteiger partial charge in [-0.25, -0.2) is 0 Å². The fourth-order valence-corrected chi connectivity index (χ4v) is 3.58. The van der Waals surface area contributed by atoms with Gasteiger partial charge in [-0.2, -0.15) is 0 Å². The molecular weight excluding hydrogens is 336 g/mol. The van der Waals surface area contributed by atoms with Crippen molar-refractivity contribution in [1.82, 2.24) is 15.5 Å². The van der Waals surface area contributed by atoms with Crippen LogP contribution in [-0.4, -0.2) is 56.2 Å². The van der Waals surface area contributed by atoms with Gasteiger partial charge < -0.3 is 20.3 Å². The summed E-state index contributed by atoms with van der Waals surface area (Å²) in [5, 5.41) is 7.06. The van der Waals surface area contributed by atoms with E-state index in [1.165, 1.54) is 44.3 Å². The lowest BCUT2D eigenvalue weighted by Gasteiger charge is -2.33. The summed E-state index contributed by atoms with van der Waals surface area (Å²) in [5.74, 6) is 2.43. The summed E-state index contributed by atoms with van der Waals surface area (Å²) in [6.07, 6.45) is 6.23. The number of piperidine rings is 1. The van der Waals surface area contributed by atoms with Gasteiger partial charge in [-0.3, -0.25) is 4.99 Å². The molecule has 1 aliphatic heterocycles. The minimum absolute atomic E-state index is 0.545. The summed E-state index contributed by atoms with van der Waals surface area (Å²) >= 11 is 0. The van der Waals surface area contributed by atoms with Gasteiger partial charge in [-0.05, 0) is 55.7 Å². The molecule has 1 heterocycles. The highest BCUT2D eigenvalue weighted by atomic mass is 16.5. The Balaban J connectivity index is 1.34. The fourth-order valence-electron chi connectivity index (χ4n) is 3.58. The highest BCUT2D eigenvalue weighted by Crippen LogP contribution is 2.29. The van der Waals surface area contributed by atoms with Crippen LogP contribution < -0.4 is 15.4 Å². The molecule has 0 spiro atoms. The van der Waals surface area contributed by atoms with Crippen LogP contribution in [0.1, 0.15) is 45.1 Å². The third-order valence-electron chi connectivity index (χ3n) is 5.37. The second-order valence-corrected chi connectivity index (χ2v) is 8.28. The molecule has 0 radical (unpaired) electrons. The normalized spacial score (nSPS) is 19.3. The number of hydrogen-bond donors (Lipinski definition) is 2. The maximum atomic E-state index is 5.75. The van der Waals surface area contributed by atoms with Crippen LogP contribution in [0.3, 0.4) is 0 Å². The molecule has 2 N–H and O–H groups in total. The second kappa shape index (κ2) is 9.98. The first-order valence-electron chi connectivity index (χ1n) is 10.6. The van der Waals surface area contributed by atoms with Crippen LogP contribution in [-0.2, 0) is 6.42 Å². The Labute approximate surface area is 164 Å². The van der Waals surface area contributed by atoms with Crippen molar-refractivity contribution < 1.29 is 4.74 Å². The van der Waals surface area contributed by atoms with Crippen molar-refractivity contribution in [2.45, 2.75) is 58.0 Å². The molecule has 5 heteroatoms. The molecule has 1 saturated heterocycles. The Bertz CT molecular complexity index is 587. The number of rotatable bonds is 8. The van der Waals surface area contributed by atoms with Crippen LogP contribution >= 0.6 is 0 Å². The third kappa shape index (κ3) is 6.73. The predicted molar refractivity (Wildman–Crippen MR) is 113 cm³/mol. The van der Waals surface area contributed by atoms with Crippen LogP contribution in [0.4, 0.5) is 0 Å². The Morgan fingerprint density at radius 1 is 1.15 bits per heavy atom. The molecule has 2 fully saturated rings. The van der Waals surface area contributed by atoms with Crippen molar-refractivity contribution >= 4 is 5.96 Å². The number of ether oxygens (including phenoxy) is 1. The van der Waals surface area contributed by atoms with E-state index in [0.717, 1.165) is 37.3 Å². The largest absolute Gasteiger partial charge is 0.493 e. The zero-order valence-electron chi connectivity index (χ0n) is 17.2. The number of benzene rings is 1. The summed E-state index contributed by atoms with van der Waals surface area (Å²) in [7, 11) is 1.86. The number of nitrogens with one attached hydrogen (secondary N) is 2. The number of nitrogens with zero attached hydrogens (tertiary/aromatic N) is 2. The van der Waals surface area contributed by atoms with E-state index in [4.69, 9.17) is 4.74 Å². The zero-order chi connectivity index (χ0) is 19.1. The van der Waals surface area contributed by atoms with Crippen molar-refractivity contribution in [3.05, 3.63) is 29.8 Å². The Morgan fingerprint density at radius 3 is 2.44 bits per heavy atom. The van der Waals surface area contributed by atoms with Crippen molar-refractivity contribution in [1.29, 1.82) is 0 Å². The van der Waals surface area contributed by atoms with Gasteiger partial charge in [0.2, 0.25) is 0 Å². The van der Waals surface area contributed by atoms with Gasteiger partial charge >= 0.3 is 0 Å². The van der Waals surface area contributed by atoms with E-state index in [1.54, 1.807) is 0 Å². The van der Waals surface area contributed by atoms with E-state index in [1.807, 2.05) is 7.05 Å². The lowest BCUT2D eigenvalue weighted by molar-refractivity contribution is 0.197. The maximum Gasteiger partial charge on any atom is 0.191 e. The predicted octanol–water partition coefficient (Wildman–Crippen LogP) is 3.06. The van der Waals surface area contributed by atoms with Gasteiger partial charge in [0.15, 0.2) is 5.96 Å². The molecule has 150 valence electrons. The zero-order valence-corrected chi connectivity index (χ0v) is 17.2. The van der Waals surface area contributed by atoms with Crippen molar-refractivity contribution in [2.75, 3.05) is 33.3 Å². The molecule has 27 heavy (non-hydrogen) atoms. The Morgan fingerprint density at radius 2 is 1.85 bits per heavy atom. The highest BCUT2D eigenvalue weighted by Gasteiger charge is 2.31. The minimum atomic E-state index is 0.545. The molecule has 0 aromatic heterocycles. The van der Waals surface area contributed by atoms with Crippen LogP contribution in [0.5, 0.6) is 5.75 Å². The summed E-state index contributed by atoms with van der Waals surface area (Å²) in [6.45, 7) is 8.43. The molecule has 0 atom stereocenters. The Hall–Kier alpha value is -1.75. The molecule has 0 bridgehead atoms. The average Bonchev–Trinajstić information content (AvgIpc) is 3.52. The van der Waals surface area contributed by atoms with E-state index in [9.17, 15) is 0 Å². The summed E-state index contributed by atoms with van der Waals surface area (Å²) in [6, 6.07) is 9.88. The van der Waals surface area contributed by atoms with Crippen LogP contribution in [0.15, 0.2) is 29.3 Å². The SMILES string of the molecule is CN=C(NCCc1ccc(OCC(C)C)cc1)NC1CCN(C2CC2)CC1. The molecule has 0 amide bonds. The first-order valence-corrected chi connectivity index (χ1v) is 10.6. The van der Waals surface area contributed by atoms with Gasteiger partial charge in [0, 0.05) is 38.8 Å². The third-order valence-corrected chi connectivity index (χ3v) is 5.37. The van der Waals surface area contributed by atoms with Crippen LogP contribution in [0.2, 0.25) is 0 Å². The van der Waals surface area contributed by atoms with E-state index in [0.29, 0.717) is 12.0 Å². The standard InChI is InChI=1S/C22H36N4O/c1-17(2)16-27-21-8-4-18(5-9-21)10-13-24-22(23-3)25-19-11-14-26(15-12-19)20-6-7-20/h4-5,8-9,17,19-20H,6-7,10-16H2,1-3H3,(H2,23,24,25). The molecule has 1 saturated carbocycles. The number of likely N-dealkylation sites (tertiary alicyclic amines) is 1. The molecular formula is C22H36N4O. The molecule has 1 aromatic carbocycles. The molecule has 0 unspecified atom stereocenters. The molecule has 5 nitrogen and oxygen atoms in total.